The second kappa shape index (κ2) is 9.50. The molecule has 0 unspecified atom stereocenters. The van der Waals surface area contributed by atoms with Crippen molar-refractivity contribution in [3.8, 4) is 16.9 Å². The summed E-state index contributed by atoms with van der Waals surface area (Å²) in [7, 11) is 1.70. The second-order valence-electron chi connectivity index (χ2n) is 8.70. The Bertz CT molecular complexity index is 1580. The van der Waals surface area contributed by atoms with Gasteiger partial charge in [-0.3, -0.25) is 14.8 Å². The molecule has 0 aliphatic heterocycles. The number of allylic oxidation sites excluding steroid dienone is 2. The number of anilines is 1. The van der Waals surface area contributed by atoms with E-state index in [0.29, 0.717) is 17.8 Å². The minimum absolute atomic E-state index is 0.461. The third-order valence-corrected chi connectivity index (χ3v) is 6.14. The number of aliphatic imine (C=N–C) groups is 1. The highest BCUT2D eigenvalue weighted by atomic mass is 16.1. The summed E-state index contributed by atoms with van der Waals surface area (Å²) in [6, 6.07) is 13.8. The summed E-state index contributed by atoms with van der Waals surface area (Å²) in [6.07, 6.45) is 10.0. The van der Waals surface area contributed by atoms with E-state index < -0.39 is 5.91 Å². The van der Waals surface area contributed by atoms with Gasteiger partial charge in [0.15, 0.2) is 0 Å². The highest BCUT2D eigenvalue weighted by Crippen LogP contribution is 2.34. The summed E-state index contributed by atoms with van der Waals surface area (Å²) in [5.74, 6) is -0.465. The van der Waals surface area contributed by atoms with Crippen molar-refractivity contribution in [2.45, 2.75) is 13.3 Å². The molecule has 5 N–H and O–H groups in total. The van der Waals surface area contributed by atoms with E-state index in [-0.39, 0.29) is 0 Å². The molecule has 2 aromatic heterocycles. The fourth-order valence-corrected chi connectivity index (χ4v) is 4.25. The summed E-state index contributed by atoms with van der Waals surface area (Å²) in [4.78, 5) is 25.5. The van der Waals surface area contributed by atoms with E-state index in [4.69, 9.17) is 16.5 Å². The number of aryl methyl sites for hydroxylation is 1. The number of primary amides is 1. The molecule has 0 radical (unpaired) electrons. The number of fused-ring (bicyclic) bond motifs is 1. The Morgan fingerprint density at radius 1 is 1.22 bits per heavy atom. The highest BCUT2D eigenvalue weighted by Gasteiger charge is 2.16. The monoisotopic (exact) mass is 477 g/mol. The topological polar surface area (TPSA) is 124 Å². The van der Waals surface area contributed by atoms with Crippen molar-refractivity contribution in [3.05, 3.63) is 89.8 Å². The summed E-state index contributed by atoms with van der Waals surface area (Å²) < 4.78 is 1.97. The third kappa shape index (κ3) is 4.48. The molecule has 0 spiro atoms. The highest BCUT2D eigenvalue weighted by molar-refractivity contribution is 6.08. The molecule has 0 bridgehead atoms. The predicted octanol–water partition coefficient (Wildman–Crippen LogP) is 4.24. The molecular formula is C28H27N7O. The number of pyridine rings is 1. The number of hydrogen-bond donors (Lipinski definition) is 3. The lowest BCUT2D eigenvalue weighted by Gasteiger charge is -2.15. The van der Waals surface area contributed by atoms with Crippen LogP contribution < -0.4 is 16.8 Å². The van der Waals surface area contributed by atoms with Gasteiger partial charge in [-0.25, -0.2) is 4.98 Å². The number of hydrogen-bond acceptors (Lipinski definition) is 6. The standard InChI is InChI=1S/C28H27N7O/c1-17-10-23-21(4-3-5-26(23)35-15-25(33-16-35)20(12-29)14-31-2)27(34-17)19-8-9-22(28(30)36)24(11-19)32-13-18-6-7-18/h3-6,8-12,14-16,32H,7,13,29H2,1-2H3,(H2,30,36). The second-order valence-corrected chi connectivity index (χ2v) is 8.70. The summed E-state index contributed by atoms with van der Waals surface area (Å²) in [6.45, 7) is 2.67. The van der Waals surface area contributed by atoms with Gasteiger partial charge in [-0.05, 0) is 37.6 Å². The van der Waals surface area contributed by atoms with Crippen molar-refractivity contribution in [2.75, 3.05) is 18.9 Å². The number of carbonyl (C=O) groups is 1. The first-order valence-electron chi connectivity index (χ1n) is 11.6. The van der Waals surface area contributed by atoms with Crippen LogP contribution in [-0.4, -0.2) is 40.2 Å². The Kier molecular flexibility index (Phi) is 6.08. The summed E-state index contributed by atoms with van der Waals surface area (Å²) >= 11 is 0. The average Bonchev–Trinajstić information content (AvgIpc) is 3.59. The molecule has 1 aliphatic carbocycles. The van der Waals surface area contributed by atoms with Gasteiger partial charge >= 0.3 is 0 Å². The van der Waals surface area contributed by atoms with Crippen LogP contribution in [0.5, 0.6) is 0 Å². The smallest absolute Gasteiger partial charge is 0.250 e. The predicted molar refractivity (Wildman–Crippen MR) is 145 cm³/mol. The number of nitrogens with zero attached hydrogens (tertiary/aromatic N) is 4. The van der Waals surface area contributed by atoms with Crippen LogP contribution in [-0.2, 0) is 0 Å². The minimum atomic E-state index is -0.465. The van der Waals surface area contributed by atoms with Gasteiger partial charge in [0.2, 0.25) is 0 Å². The van der Waals surface area contributed by atoms with Crippen molar-refractivity contribution < 1.29 is 4.79 Å². The van der Waals surface area contributed by atoms with Crippen LogP contribution >= 0.6 is 0 Å². The lowest BCUT2D eigenvalue weighted by Crippen LogP contribution is -2.15. The zero-order valence-corrected chi connectivity index (χ0v) is 20.2. The van der Waals surface area contributed by atoms with Crippen molar-refractivity contribution in [3.63, 3.8) is 0 Å². The molecule has 2 heterocycles. The largest absolute Gasteiger partial charge is 0.404 e. The van der Waals surface area contributed by atoms with Gasteiger partial charge in [0.25, 0.3) is 5.91 Å². The molecule has 1 aliphatic rings. The van der Waals surface area contributed by atoms with Gasteiger partial charge in [0.05, 0.1) is 29.0 Å². The molecule has 0 saturated heterocycles. The normalized spacial score (nSPS) is 13.3. The first kappa shape index (κ1) is 23.0. The molecule has 8 heteroatoms. The third-order valence-electron chi connectivity index (χ3n) is 6.14. The zero-order valence-electron chi connectivity index (χ0n) is 20.2. The van der Waals surface area contributed by atoms with Crippen LogP contribution in [0.25, 0.3) is 33.3 Å². The molecule has 0 atom stereocenters. The first-order valence-corrected chi connectivity index (χ1v) is 11.6. The SMILES string of the molecule is CN=CC(=CN)c1cn(-c2cccc3c(-c4ccc(C(N)=O)c(NCC5=CC5)c4)nc(C)cc23)cn1. The Balaban J connectivity index is 1.62. The number of rotatable bonds is 8. The van der Waals surface area contributed by atoms with Crippen LogP contribution in [0.15, 0.2) is 77.8 Å². The van der Waals surface area contributed by atoms with E-state index in [2.05, 4.69) is 33.5 Å². The fraction of sp³-hybridized carbons (Fsp3) is 0.143. The maximum atomic E-state index is 12.0. The van der Waals surface area contributed by atoms with Crippen LogP contribution in [0.4, 0.5) is 5.69 Å². The van der Waals surface area contributed by atoms with E-state index in [1.807, 2.05) is 42.0 Å². The molecular weight excluding hydrogens is 450 g/mol. The molecule has 2 aromatic carbocycles. The number of nitrogens with two attached hydrogens (primary N) is 2. The van der Waals surface area contributed by atoms with Gasteiger partial charge in [-0.15, -0.1) is 0 Å². The molecule has 8 nitrogen and oxygen atoms in total. The molecule has 180 valence electrons. The van der Waals surface area contributed by atoms with E-state index in [1.54, 1.807) is 25.7 Å². The van der Waals surface area contributed by atoms with Gasteiger partial charge in [-0.1, -0.05) is 29.8 Å². The first-order chi connectivity index (χ1) is 17.5. The average molecular weight is 478 g/mol. The van der Waals surface area contributed by atoms with Crippen LogP contribution in [0.3, 0.4) is 0 Å². The Hall–Kier alpha value is -4.72. The van der Waals surface area contributed by atoms with Gasteiger partial charge in [0.1, 0.15) is 0 Å². The van der Waals surface area contributed by atoms with E-state index in [1.165, 1.54) is 11.8 Å². The number of amides is 1. The fourth-order valence-electron chi connectivity index (χ4n) is 4.25. The lowest BCUT2D eigenvalue weighted by molar-refractivity contribution is 0.100. The zero-order chi connectivity index (χ0) is 25.2. The van der Waals surface area contributed by atoms with E-state index >= 15 is 0 Å². The number of carbonyl (C=O) groups excluding carboxylic acids is 1. The van der Waals surface area contributed by atoms with Crippen LogP contribution in [0.1, 0.15) is 28.2 Å². The van der Waals surface area contributed by atoms with Gasteiger partial charge < -0.3 is 21.4 Å². The lowest BCUT2D eigenvalue weighted by atomic mass is 9.99. The Labute approximate surface area is 209 Å². The molecule has 0 saturated carbocycles. The maximum absolute atomic E-state index is 12.0. The molecule has 5 rings (SSSR count). The molecule has 0 fully saturated rings. The van der Waals surface area contributed by atoms with Gasteiger partial charge in [0, 0.05) is 65.5 Å². The van der Waals surface area contributed by atoms with Gasteiger partial charge in [-0.2, -0.15) is 0 Å². The van der Waals surface area contributed by atoms with Crippen molar-refractivity contribution >= 4 is 34.2 Å². The number of aromatic nitrogens is 3. The number of nitrogens with one attached hydrogen (secondary N) is 1. The van der Waals surface area contributed by atoms with Crippen LogP contribution in [0.2, 0.25) is 0 Å². The van der Waals surface area contributed by atoms with Crippen molar-refractivity contribution in [2.24, 2.45) is 16.5 Å². The summed E-state index contributed by atoms with van der Waals surface area (Å²) in [5, 5.41) is 5.38. The molecule has 4 aromatic rings. The molecule has 36 heavy (non-hydrogen) atoms. The van der Waals surface area contributed by atoms with E-state index in [9.17, 15) is 4.79 Å². The summed E-state index contributed by atoms with van der Waals surface area (Å²) in [5.41, 5.74) is 18.9. The van der Waals surface area contributed by atoms with E-state index in [0.717, 1.165) is 51.1 Å². The quantitative estimate of drug-likeness (QED) is 0.259. The molecule has 1 amide bonds. The Morgan fingerprint density at radius 2 is 2.06 bits per heavy atom. The van der Waals surface area contributed by atoms with Crippen molar-refractivity contribution in [1.82, 2.24) is 14.5 Å². The Morgan fingerprint density at radius 3 is 2.78 bits per heavy atom. The number of benzene rings is 2. The maximum Gasteiger partial charge on any atom is 0.250 e. The van der Waals surface area contributed by atoms with Crippen LogP contribution in [0, 0.1) is 6.92 Å². The minimum Gasteiger partial charge on any atom is -0.404 e. The van der Waals surface area contributed by atoms with Crippen molar-refractivity contribution in [1.29, 1.82) is 0 Å². The number of imidazole rings is 1.